The largest absolute Gasteiger partial charge is 0.340 e. The van der Waals surface area contributed by atoms with Crippen molar-refractivity contribution >= 4 is 34.1 Å². The number of anilines is 2. The molecule has 0 fully saturated rings. The summed E-state index contributed by atoms with van der Waals surface area (Å²) in [5.41, 5.74) is 7.35. The molecule has 2 aromatic heterocycles. The van der Waals surface area contributed by atoms with Gasteiger partial charge in [-0.15, -0.1) is 0 Å². The number of benzene rings is 3. The van der Waals surface area contributed by atoms with Gasteiger partial charge in [0.15, 0.2) is 5.65 Å². The number of rotatable bonds is 4. The molecule has 0 atom stereocenters. The zero-order chi connectivity index (χ0) is 21.4. The molecular formula is C26H21ClN4. The number of nitrogens with zero attached hydrogens (tertiary/aromatic N) is 3. The van der Waals surface area contributed by atoms with Crippen molar-refractivity contribution < 1.29 is 0 Å². The first-order valence-electron chi connectivity index (χ1n) is 10.1. The Balaban J connectivity index is 1.75. The zero-order valence-electron chi connectivity index (χ0n) is 17.3. The van der Waals surface area contributed by atoms with Crippen molar-refractivity contribution in [2.24, 2.45) is 0 Å². The van der Waals surface area contributed by atoms with Crippen molar-refractivity contribution in [3.63, 3.8) is 0 Å². The molecule has 2 heterocycles. The standard InChI is InChI=1S/C26H21ClN4/c1-17-11-18(2)13-21(12-17)30-25-24-23(19-7-4-3-5-8-19)15-31(26(24)29-16-28-25)22-10-6-9-20(27)14-22/h3-16H,1-2H3,(H,28,29,30). The molecule has 5 rings (SSSR count). The molecule has 1 N–H and O–H groups in total. The second-order valence-corrected chi connectivity index (χ2v) is 8.12. The van der Waals surface area contributed by atoms with E-state index in [1.54, 1.807) is 6.33 Å². The second-order valence-electron chi connectivity index (χ2n) is 7.68. The second kappa shape index (κ2) is 7.89. The van der Waals surface area contributed by atoms with Crippen LogP contribution in [0.15, 0.2) is 85.3 Å². The van der Waals surface area contributed by atoms with E-state index in [1.807, 2.05) is 42.5 Å². The van der Waals surface area contributed by atoms with Gasteiger partial charge >= 0.3 is 0 Å². The molecule has 0 saturated heterocycles. The summed E-state index contributed by atoms with van der Waals surface area (Å²) in [5.74, 6) is 0.773. The fourth-order valence-electron chi connectivity index (χ4n) is 4.00. The van der Waals surface area contributed by atoms with E-state index in [0.29, 0.717) is 5.02 Å². The zero-order valence-corrected chi connectivity index (χ0v) is 18.1. The lowest BCUT2D eigenvalue weighted by Gasteiger charge is -2.10. The molecule has 31 heavy (non-hydrogen) atoms. The quantitative estimate of drug-likeness (QED) is 0.334. The maximum Gasteiger partial charge on any atom is 0.150 e. The highest BCUT2D eigenvalue weighted by atomic mass is 35.5. The van der Waals surface area contributed by atoms with Crippen LogP contribution in [0.1, 0.15) is 11.1 Å². The van der Waals surface area contributed by atoms with Gasteiger partial charge < -0.3 is 9.88 Å². The lowest BCUT2D eigenvalue weighted by atomic mass is 10.1. The molecule has 0 saturated carbocycles. The summed E-state index contributed by atoms with van der Waals surface area (Å²) in [6.07, 6.45) is 3.70. The van der Waals surface area contributed by atoms with E-state index in [4.69, 9.17) is 11.6 Å². The molecule has 0 amide bonds. The third-order valence-electron chi connectivity index (χ3n) is 5.24. The molecule has 0 aliphatic heterocycles. The van der Waals surface area contributed by atoms with Gasteiger partial charge in [0.25, 0.3) is 0 Å². The van der Waals surface area contributed by atoms with Crippen LogP contribution in [0.3, 0.4) is 0 Å². The average Bonchev–Trinajstić information content (AvgIpc) is 3.14. The van der Waals surface area contributed by atoms with Gasteiger partial charge in [-0.05, 0) is 60.9 Å². The number of nitrogens with one attached hydrogen (secondary N) is 1. The van der Waals surface area contributed by atoms with Gasteiger partial charge in [0.05, 0.1) is 5.39 Å². The number of aromatic nitrogens is 3. The van der Waals surface area contributed by atoms with E-state index in [9.17, 15) is 0 Å². The maximum absolute atomic E-state index is 6.28. The SMILES string of the molecule is Cc1cc(C)cc(Nc2ncnc3c2c(-c2ccccc2)cn3-c2cccc(Cl)c2)c1. The Morgan fingerprint density at radius 1 is 0.839 bits per heavy atom. The highest BCUT2D eigenvalue weighted by molar-refractivity contribution is 6.30. The summed E-state index contributed by atoms with van der Waals surface area (Å²) in [5, 5.41) is 5.17. The van der Waals surface area contributed by atoms with Gasteiger partial charge in [-0.3, -0.25) is 0 Å². The van der Waals surface area contributed by atoms with Gasteiger partial charge in [0.1, 0.15) is 12.1 Å². The number of halogens is 1. The summed E-state index contributed by atoms with van der Waals surface area (Å²) in [6, 6.07) is 24.5. The van der Waals surface area contributed by atoms with E-state index in [0.717, 1.165) is 39.4 Å². The molecule has 3 aromatic carbocycles. The average molecular weight is 425 g/mol. The molecule has 0 bridgehead atoms. The Hall–Kier alpha value is -3.63. The van der Waals surface area contributed by atoms with Crippen molar-refractivity contribution in [3.05, 3.63) is 101 Å². The van der Waals surface area contributed by atoms with Crippen LogP contribution in [0.4, 0.5) is 11.5 Å². The Bertz CT molecular complexity index is 1370. The van der Waals surface area contributed by atoms with Gasteiger partial charge in [-0.2, -0.15) is 0 Å². The van der Waals surface area contributed by atoms with Crippen LogP contribution >= 0.6 is 11.6 Å². The van der Waals surface area contributed by atoms with Gasteiger partial charge in [0.2, 0.25) is 0 Å². The first-order valence-corrected chi connectivity index (χ1v) is 10.5. The molecule has 0 radical (unpaired) electrons. The smallest absolute Gasteiger partial charge is 0.150 e. The maximum atomic E-state index is 6.28. The molecule has 0 aliphatic carbocycles. The Morgan fingerprint density at radius 2 is 1.61 bits per heavy atom. The summed E-state index contributed by atoms with van der Waals surface area (Å²) in [6.45, 7) is 4.19. The molecule has 4 nitrogen and oxygen atoms in total. The Kier molecular flexibility index (Phi) is 4.92. The van der Waals surface area contributed by atoms with Crippen molar-refractivity contribution in [3.8, 4) is 16.8 Å². The van der Waals surface area contributed by atoms with Crippen LogP contribution in [-0.2, 0) is 0 Å². The van der Waals surface area contributed by atoms with E-state index in [2.05, 4.69) is 70.2 Å². The predicted octanol–water partition coefficient (Wildman–Crippen LogP) is 7.10. The Morgan fingerprint density at radius 3 is 2.35 bits per heavy atom. The van der Waals surface area contributed by atoms with Gasteiger partial charge in [-0.1, -0.05) is 54.1 Å². The molecule has 0 unspecified atom stereocenters. The van der Waals surface area contributed by atoms with Gasteiger partial charge in [0, 0.05) is 28.2 Å². The first-order chi connectivity index (χ1) is 15.1. The van der Waals surface area contributed by atoms with Crippen molar-refractivity contribution in [1.29, 1.82) is 0 Å². The van der Waals surface area contributed by atoms with Gasteiger partial charge in [-0.25, -0.2) is 9.97 Å². The molecule has 152 valence electrons. The Labute approximate surface area is 186 Å². The van der Waals surface area contributed by atoms with Crippen molar-refractivity contribution in [1.82, 2.24) is 14.5 Å². The lowest BCUT2D eigenvalue weighted by molar-refractivity contribution is 1.08. The predicted molar refractivity (Wildman–Crippen MR) is 129 cm³/mol. The summed E-state index contributed by atoms with van der Waals surface area (Å²) in [7, 11) is 0. The minimum Gasteiger partial charge on any atom is -0.340 e. The highest BCUT2D eigenvalue weighted by Crippen LogP contribution is 2.36. The fourth-order valence-corrected chi connectivity index (χ4v) is 4.18. The van der Waals surface area contributed by atoms with E-state index in [-0.39, 0.29) is 0 Å². The van der Waals surface area contributed by atoms with E-state index >= 15 is 0 Å². The van der Waals surface area contributed by atoms with E-state index in [1.165, 1.54) is 11.1 Å². The monoisotopic (exact) mass is 424 g/mol. The normalized spacial score (nSPS) is 11.1. The van der Waals surface area contributed by atoms with Crippen LogP contribution in [0, 0.1) is 13.8 Å². The molecule has 5 heteroatoms. The van der Waals surface area contributed by atoms with Crippen LogP contribution in [0.5, 0.6) is 0 Å². The molecule has 0 aliphatic rings. The summed E-state index contributed by atoms with van der Waals surface area (Å²) in [4.78, 5) is 9.25. The third-order valence-corrected chi connectivity index (χ3v) is 5.47. The molecule has 0 spiro atoms. The number of aryl methyl sites for hydroxylation is 2. The summed E-state index contributed by atoms with van der Waals surface area (Å²) >= 11 is 6.28. The lowest BCUT2D eigenvalue weighted by Crippen LogP contribution is -1.98. The summed E-state index contributed by atoms with van der Waals surface area (Å²) < 4.78 is 2.07. The third kappa shape index (κ3) is 3.78. The topological polar surface area (TPSA) is 42.7 Å². The number of hydrogen-bond donors (Lipinski definition) is 1. The van der Waals surface area contributed by atoms with Crippen LogP contribution in [0.2, 0.25) is 5.02 Å². The van der Waals surface area contributed by atoms with Crippen LogP contribution in [-0.4, -0.2) is 14.5 Å². The minimum absolute atomic E-state index is 0.684. The van der Waals surface area contributed by atoms with Crippen molar-refractivity contribution in [2.45, 2.75) is 13.8 Å². The number of fused-ring (bicyclic) bond motifs is 1. The van der Waals surface area contributed by atoms with Crippen molar-refractivity contribution in [2.75, 3.05) is 5.32 Å². The van der Waals surface area contributed by atoms with Crippen LogP contribution in [0.25, 0.3) is 27.8 Å². The van der Waals surface area contributed by atoms with Crippen LogP contribution < -0.4 is 5.32 Å². The molecular weight excluding hydrogens is 404 g/mol. The fraction of sp³-hybridized carbons (Fsp3) is 0.0769. The number of hydrogen-bond acceptors (Lipinski definition) is 3. The first kappa shape index (κ1) is 19.3. The highest BCUT2D eigenvalue weighted by Gasteiger charge is 2.17. The van der Waals surface area contributed by atoms with E-state index < -0.39 is 0 Å². The molecule has 5 aromatic rings. The minimum atomic E-state index is 0.684.